The van der Waals surface area contributed by atoms with E-state index in [4.69, 9.17) is 9.72 Å². The number of aromatic nitrogens is 2. The summed E-state index contributed by atoms with van der Waals surface area (Å²) in [6.07, 6.45) is 6.31. The molecular weight excluding hydrogens is 378 g/mol. The predicted molar refractivity (Wildman–Crippen MR) is 117 cm³/mol. The van der Waals surface area contributed by atoms with Gasteiger partial charge < -0.3 is 19.9 Å². The third-order valence-corrected chi connectivity index (χ3v) is 6.13. The highest BCUT2D eigenvalue weighted by Gasteiger charge is 2.20. The van der Waals surface area contributed by atoms with E-state index in [9.17, 15) is 4.79 Å². The minimum absolute atomic E-state index is 0.169. The standard InChI is InChI=1S/C23H31N5O2/c1-17-5-3-11-27(17)12-4-14-30-22-9-6-18-16-28(13-10-20(18)26-22)19-7-8-21(25-15-19)23(29)24-2/h6-9,15,17H,3-5,10-14,16H2,1-2H3,(H,24,29)/t17-/m1/s1. The van der Waals surface area contributed by atoms with Gasteiger partial charge in [0.1, 0.15) is 5.69 Å². The number of nitrogens with zero attached hydrogens (tertiary/aromatic N) is 4. The van der Waals surface area contributed by atoms with Crippen LogP contribution in [-0.4, -0.2) is 60.1 Å². The highest BCUT2D eigenvalue weighted by molar-refractivity contribution is 5.92. The van der Waals surface area contributed by atoms with Gasteiger partial charge in [0, 0.05) is 45.2 Å². The van der Waals surface area contributed by atoms with Crippen LogP contribution in [0.5, 0.6) is 5.88 Å². The summed E-state index contributed by atoms with van der Waals surface area (Å²) in [5.41, 5.74) is 3.79. The van der Waals surface area contributed by atoms with Crippen LogP contribution in [0, 0.1) is 0 Å². The number of pyridine rings is 2. The second-order valence-electron chi connectivity index (χ2n) is 8.14. The fraction of sp³-hybridized carbons (Fsp3) is 0.522. The number of fused-ring (bicyclic) bond motifs is 1. The number of carbonyl (C=O) groups excluding carboxylic acids is 1. The lowest BCUT2D eigenvalue weighted by Gasteiger charge is -2.30. The Morgan fingerprint density at radius 3 is 2.90 bits per heavy atom. The first-order valence-corrected chi connectivity index (χ1v) is 10.9. The molecule has 160 valence electrons. The van der Waals surface area contributed by atoms with E-state index in [1.807, 2.05) is 12.1 Å². The summed E-state index contributed by atoms with van der Waals surface area (Å²) >= 11 is 0. The number of rotatable bonds is 7. The molecule has 0 unspecified atom stereocenters. The van der Waals surface area contributed by atoms with Gasteiger partial charge in [-0.15, -0.1) is 0 Å². The monoisotopic (exact) mass is 409 g/mol. The van der Waals surface area contributed by atoms with E-state index in [0.717, 1.165) is 49.7 Å². The summed E-state index contributed by atoms with van der Waals surface area (Å²) in [7, 11) is 1.61. The van der Waals surface area contributed by atoms with Gasteiger partial charge >= 0.3 is 0 Å². The molecule has 0 bridgehead atoms. The molecule has 2 aliphatic rings. The molecule has 0 aromatic carbocycles. The summed E-state index contributed by atoms with van der Waals surface area (Å²) in [5, 5.41) is 2.60. The maximum Gasteiger partial charge on any atom is 0.269 e. The van der Waals surface area contributed by atoms with E-state index in [0.29, 0.717) is 18.3 Å². The Labute approximate surface area is 178 Å². The van der Waals surface area contributed by atoms with Crippen molar-refractivity contribution < 1.29 is 9.53 Å². The third-order valence-electron chi connectivity index (χ3n) is 6.13. The molecule has 1 N–H and O–H groups in total. The zero-order chi connectivity index (χ0) is 20.9. The fourth-order valence-corrected chi connectivity index (χ4v) is 4.30. The highest BCUT2D eigenvalue weighted by Crippen LogP contribution is 2.25. The molecule has 1 fully saturated rings. The van der Waals surface area contributed by atoms with E-state index in [1.165, 1.54) is 24.9 Å². The molecule has 0 aliphatic carbocycles. The summed E-state index contributed by atoms with van der Waals surface area (Å²) in [6, 6.07) is 8.54. The van der Waals surface area contributed by atoms with E-state index >= 15 is 0 Å². The number of likely N-dealkylation sites (tertiary alicyclic amines) is 1. The first kappa shape index (κ1) is 20.6. The van der Waals surface area contributed by atoms with Gasteiger partial charge in [0.2, 0.25) is 5.88 Å². The molecule has 0 radical (unpaired) electrons. The van der Waals surface area contributed by atoms with Gasteiger partial charge in [0.05, 0.1) is 24.2 Å². The van der Waals surface area contributed by atoms with Crippen LogP contribution in [0.1, 0.15) is 47.9 Å². The normalized spacial score (nSPS) is 18.9. The number of hydrogen-bond donors (Lipinski definition) is 1. The van der Waals surface area contributed by atoms with Crippen LogP contribution in [0.15, 0.2) is 30.5 Å². The van der Waals surface area contributed by atoms with Gasteiger partial charge in [-0.3, -0.25) is 4.79 Å². The maximum absolute atomic E-state index is 11.7. The molecular formula is C23H31N5O2. The SMILES string of the molecule is CNC(=O)c1ccc(N2CCc3nc(OCCCN4CCC[C@H]4C)ccc3C2)cn1. The number of hydrogen-bond acceptors (Lipinski definition) is 6. The van der Waals surface area contributed by atoms with Crippen molar-refractivity contribution in [2.75, 3.05) is 38.2 Å². The van der Waals surface area contributed by atoms with Crippen LogP contribution in [0.25, 0.3) is 0 Å². The van der Waals surface area contributed by atoms with Crippen molar-refractivity contribution in [3.05, 3.63) is 47.4 Å². The molecule has 1 atom stereocenters. The molecule has 4 rings (SSSR count). The van der Waals surface area contributed by atoms with Gasteiger partial charge in [-0.25, -0.2) is 9.97 Å². The second kappa shape index (κ2) is 9.43. The highest BCUT2D eigenvalue weighted by atomic mass is 16.5. The molecule has 7 heteroatoms. The average Bonchev–Trinajstić information content (AvgIpc) is 3.20. The number of amides is 1. The minimum atomic E-state index is -0.169. The van der Waals surface area contributed by atoms with Crippen LogP contribution in [0.3, 0.4) is 0 Å². The second-order valence-corrected chi connectivity index (χ2v) is 8.14. The Balaban J connectivity index is 1.30. The molecule has 4 heterocycles. The van der Waals surface area contributed by atoms with Crippen LogP contribution in [0.4, 0.5) is 5.69 Å². The zero-order valence-electron chi connectivity index (χ0n) is 17.9. The Kier molecular flexibility index (Phi) is 6.47. The smallest absolute Gasteiger partial charge is 0.269 e. The van der Waals surface area contributed by atoms with E-state index in [2.05, 4.69) is 33.1 Å². The number of carbonyl (C=O) groups is 1. The Bertz CT molecular complexity index is 870. The van der Waals surface area contributed by atoms with Crippen molar-refractivity contribution in [1.82, 2.24) is 20.2 Å². The molecule has 0 saturated carbocycles. The van der Waals surface area contributed by atoms with Crippen molar-refractivity contribution >= 4 is 11.6 Å². The molecule has 0 spiro atoms. The van der Waals surface area contributed by atoms with Gasteiger partial charge in [-0.1, -0.05) is 6.07 Å². The van der Waals surface area contributed by atoms with E-state index in [-0.39, 0.29) is 5.91 Å². The average molecular weight is 410 g/mol. The molecule has 30 heavy (non-hydrogen) atoms. The van der Waals surface area contributed by atoms with Crippen LogP contribution >= 0.6 is 0 Å². The van der Waals surface area contributed by atoms with Crippen molar-refractivity contribution in [3.8, 4) is 5.88 Å². The minimum Gasteiger partial charge on any atom is -0.478 e. The maximum atomic E-state index is 11.7. The van der Waals surface area contributed by atoms with Gasteiger partial charge in [0.25, 0.3) is 5.91 Å². The van der Waals surface area contributed by atoms with Crippen LogP contribution < -0.4 is 15.0 Å². The van der Waals surface area contributed by atoms with Crippen LogP contribution in [-0.2, 0) is 13.0 Å². The molecule has 1 saturated heterocycles. The lowest BCUT2D eigenvalue weighted by molar-refractivity contribution is 0.0958. The van der Waals surface area contributed by atoms with Crippen molar-refractivity contribution in [3.63, 3.8) is 0 Å². The first-order chi connectivity index (χ1) is 14.6. The lowest BCUT2D eigenvalue weighted by atomic mass is 10.1. The van der Waals surface area contributed by atoms with Gasteiger partial charge in [-0.2, -0.15) is 0 Å². The topological polar surface area (TPSA) is 70.6 Å². The summed E-state index contributed by atoms with van der Waals surface area (Å²) in [4.78, 5) is 25.5. The van der Waals surface area contributed by atoms with Crippen molar-refractivity contribution in [1.29, 1.82) is 0 Å². The van der Waals surface area contributed by atoms with Crippen LogP contribution in [0.2, 0.25) is 0 Å². The van der Waals surface area contributed by atoms with Crippen molar-refractivity contribution in [2.45, 2.75) is 45.2 Å². The molecule has 2 aromatic heterocycles. The number of ether oxygens (including phenoxy) is 1. The molecule has 2 aliphatic heterocycles. The van der Waals surface area contributed by atoms with Crippen molar-refractivity contribution in [2.24, 2.45) is 0 Å². The van der Waals surface area contributed by atoms with Gasteiger partial charge in [-0.05, 0) is 50.4 Å². The lowest BCUT2D eigenvalue weighted by Crippen LogP contribution is -2.31. The molecule has 2 aromatic rings. The van der Waals surface area contributed by atoms with E-state index < -0.39 is 0 Å². The molecule has 1 amide bonds. The van der Waals surface area contributed by atoms with Gasteiger partial charge in [0.15, 0.2) is 0 Å². The number of nitrogens with one attached hydrogen (secondary N) is 1. The quantitative estimate of drug-likeness (QED) is 0.709. The summed E-state index contributed by atoms with van der Waals surface area (Å²) < 4.78 is 5.93. The number of anilines is 1. The van der Waals surface area contributed by atoms with E-state index in [1.54, 1.807) is 19.3 Å². The first-order valence-electron chi connectivity index (χ1n) is 10.9. The Hall–Kier alpha value is -2.67. The Morgan fingerprint density at radius 2 is 2.17 bits per heavy atom. The largest absolute Gasteiger partial charge is 0.478 e. The summed E-state index contributed by atoms with van der Waals surface area (Å²) in [6.45, 7) is 7.01. The zero-order valence-corrected chi connectivity index (χ0v) is 17.9. The fourth-order valence-electron chi connectivity index (χ4n) is 4.30. The third kappa shape index (κ3) is 4.73. The predicted octanol–water partition coefficient (Wildman–Crippen LogP) is 2.65. The summed E-state index contributed by atoms with van der Waals surface area (Å²) in [5.74, 6) is 0.561. The Morgan fingerprint density at radius 1 is 1.27 bits per heavy atom. The molecule has 7 nitrogen and oxygen atoms in total.